The maximum atomic E-state index is 12.2. The summed E-state index contributed by atoms with van der Waals surface area (Å²) in [4.78, 5) is 12.2. The number of carbonyl (C=O) groups is 1. The molecule has 1 N–H and O–H groups in total. The second-order valence-corrected chi connectivity index (χ2v) is 6.82. The lowest BCUT2D eigenvalue weighted by atomic mass is 9.87. The number of benzene rings is 1. The second-order valence-electron chi connectivity index (χ2n) is 5.05. The topological polar surface area (TPSA) is 29.1 Å². The van der Waals surface area contributed by atoms with Crippen LogP contribution in [-0.2, 0) is 0 Å². The third kappa shape index (κ3) is 3.58. The van der Waals surface area contributed by atoms with E-state index in [1.165, 1.54) is 12.8 Å². The van der Waals surface area contributed by atoms with E-state index in [-0.39, 0.29) is 5.91 Å². The number of nitrogens with one attached hydrogen (secondary N) is 1. The third-order valence-corrected chi connectivity index (χ3v) is 4.68. The van der Waals surface area contributed by atoms with Gasteiger partial charge in [-0.3, -0.25) is 4.79 Å². The second kappa shape index (κ2) is 6.20. The van der Waals surface area contributed by atoms with Gasteiger partial charge in [0.25, 0.3) is 5.91 Å². The zero-order valence-electron chi connectivity index (χ0n) is 10.4. The molecule has 1 amide bonds. The summed E-state index contributed by atoms with van der Waals surface area (Å²) in [5.41, 5.74) is 0.705. The predicted octanol–water partition coefficient (Wildman–Crippen LogP) is 4.52. The fourth-order valence-corrected chi connectivity index (χ4v) is 3.57. The molecule has 2 rings (SSSR count). The van der Waals surface area contributed by atoms with Gasteiger partial charge in [0.15, 0.2) is 0 Å². The molecule has 2 nitrogen and oxygen atoms in total. The Kier molecular flexibility index (Phi) is 4.84. The molecule has 0 unspecified atom stereocenters. The summed E-state index contributed by atoms with van der Waals surface area (Å²) in [5, 5.41) is 3.13. The Morgan fingerprint density at radius 2 is 1.89 bits per heavy atom. The summed E-state index contributed by atoms with van der Waals surface area (Å²) in [6.45, 7) is 2.28. The van der Waals surface area contributed by atoms with Crippen molar-refractivity contribution in [3.05, 3.63) is 32.7 Å². The van der Waals surface area contributed by atoms with Gasteiger partial charge in [0.05, 0.1) is 5.56 Å². The van der Waals surface area contributed by atoms with Gasteiger partial charge in [0.2, 0.25) is 0 Å². The van der Waals surface area contributed by atoms with Crippen LogP contribution in [0.3, 0.4) is 0 Å². The molecule has 1 saturated carbocycles. The number of amides is 1. The van der Waals surface area contributed by atoms with Crippen molar-refractivity contribution in [2.75, 3.05) is 0 Å². The average molecular weight is 375 g/mol. The minimum Gasteiger partial charge on any atom is -0.349 e. The van der Waals surface area contributed by atoms with Gasteiger partial charge >= 0.3 is 0 Å². The lowest BCUT2D eigenvalue weighted by Crippen LogP contribution is -2.37. The van der Waals surface area contributed by atoms with Crippen molar-refractivity contribution in [2.45, 2.75) is 38.6 Å². The van der Waals surface area contributed by atoms with Crippen LogP contribution >= 0.6 is 31.9 Å². The highest BCUT2D eigenvalue weighted by Gasteiger charge is 2.21. The lowest BCUT2D eigenvalue weighted by molar-refractivity contribution is 0.0922. The molecule has 18 heavy (non-hydrogen) atoms. The summed E-state index contributed by atoms with van der Waals surface area (Å²) in [6, 6.07) is 5.97. The largest absolute Gasteiger partial charge is 0.349 e. The maximum absolute atomic E-state index is 12.2. The van der Waals surface area contributed by atoms with Crippen molar-refractivity contribution in [1.29, 1.82) is 0 Å². The van der Waals surface area contributed by atoms with Crippen LogP contribution in [0.5, 0.6) is 0 Å². The molecule has 1 aromatic rings. The highest BCUT2D eigenvalue weighted by atomic mass is 79.9. The molecule has 0 spiro atoms. The number of carbonyl (C=O) groups excluding carboxylic acids is 1. The summed E-state index contributed by atoms with van der Waals surface area (Å²) >= 11 is 6.82. The normalized spacial score (nSPS) is 23.7. The van der Waals surface area contributed by atoms with Gasteiger partial charge in [-0.05, 0) is 65.7 Å². The van der Waals surface area contributed by atoms with Gasteiger partial charge in [-0.2, -0.15) is 0 Å². The first-order valence-corrected chi connectivity index (χ1v) is 7.91. The Morgan fingerprint density at radius 3 is 2.50 bits per heavy atom. The first kappa shape index (κ1) is 14.1. The molecule has 1 aliphatic carbocycles. The van der Waals surface area contributed by atoms with E-state index in [1.54, 1.807) is 0 Å². The highest BCUT2D eigenvalue weighted by molar-refractivity contribution is 9.11. The van der Waals surface area contributed by atoms with Crippen molar-refractivity contribution in [1.82, 2.24) is 5.32 Å². The molecule has 0 aliphatic heterocycles. The lowest BCUT2D eigenvalue weighted by Gasteiger charge is -2.27. The van der Waals surface area contributed by atoms with E-state index in [9.17, 15) is 4.79 Å². The van der Waals surface area contributed by atoms with E-state index in [1.807, 2.05) is 18.2 Å². The first-order valence-electron chi connectivity index (χ1n) is 6.32. The van der Waals surface area contributed by atoms with E-state index in [0.29, 0.717) is 11.6 Å². The van der Waals surface area contributed by atoms with E-state index in [2.05, 4.69) is 44.1 Å². The molecule has 0 atom stereocenters. The van der Waals surface area contributed by atoms with E-state index in [4.69, 9.17) is 0 Å². The SMILES string of the molecule is CC1CCC(NC(=O)c2ccc(Br)cc2Br)CC1. The van der Waals surface area contributed by atoms with Crippen LogP contribution in [-0.4, -0.2) is 11.9 Å². The van der Waals surface area contributed by atoms with Gasteiger partial charge in [0, 0.05) is 15.0 Å². The zero-order chi connectivity index (χ0) is 13.1. The highest BCUT2D eigenvalue weighted by Crippen LogP contribution is 2.25. The van der Waals surface area contributed by atoms with Crippen LogP contribution in [0.25, 0.3) is 0 Å². The van der Waals surface area contributed by atoms with Gasteiger partial charge in [-0.15, -0.1) is 0 Å². The minimum absolute atomic E-state index is 0.0222. The van der Waals surface area contributed by atoms with Crippen LogP contribution in [0.15, 0.2) is 27.1 Å². The average Bonchev–Trinajstić information content (AvgIpc) is 2.32. The molecule has 1 aliphatic rings. The van der Waals surface area contributed by atoms with E-state index in [0.717, 1.165) is 27.7 Å². The van der Waals surface area contributed by atoms with Gasteiger partial charge < -0.3 is 5.32 Å². The minimum atomic E-state index is 0.0222. The number of halogens is 2. The van der Waals surface area contributed by atoms with Crippen LogP contribution in [0.1, 0.15) is 43.0 Å². The molecule has 0 heterocycles. The smallest absolute Gasteiger partial charge is 0.252 e. The number of hydrogen-bond acceptors (Lipinski definition) is 1. The monoisotopic (exact) mass is 373 g/mol. The van der Waals surface area contributed by atoms with Crippen molar-refractivity contribution in [3.63, 3.8) is 0 Å². The molecule has 0 saturated heterocycles. The summed E-state index contributed by atoms with van der Waals surface area (Å²) in [6.07, 6.45) is 4.63. The standard InChI is InChI=1S/C14H17Br2NO/c1-9-2-5-11(6-3-9)17-14(18)12-7-4-10(15)8-13(12)16/h4,7-9,11H,2-3,5-6H2,1H3,(H,17,18). The van der Waals surface area contributed by atoms with Crippen molar-refractivity contribution in [2.24, 2.45) is 5.92 Å². The van der Waals surface area contributed by atoms with Crippen molar-refractivity contribution in [3.8, 4) is 0 Å². The summed E-state index contributed by atoms with van der Waals surface area (Å²) in [5.74, 6) is 0.825. The molecule has 0 aromatic heterocycles. The molecular formula is C14H17Br2NO. The quantitative estimate of drug-likeness (QED) is 0.809. The number of rotatable bonds is 2. The fourth-order valence-electron chi connectivity index (χ4n) is 2.34. The van der Waals surface area contributed by atoms with Crippen molar-refractivity contribution >= 4 is 37.8 Å². The molecule has 1 fully saturated rings. The number of hydrogen-bond donors (Lipinski definition) is 1. The third-order valence-electron chi connectivity index (χ3n) is 3.53. The van der Waals surface area contributed by atoms with Gasteiger partial charge in [0.1, 0.15) is 0 Å². The molecular weight excluding hydrogens is 358 g/mol. The molecule has 0 radical (unpaired) electrons. The predicted molar refractivity (Wildman–Crippen MR) is 80.7 cm³/mol. The van der Waals surface area contributed by atoms with Gasteiger partial charge in [-0.25, -0.2) is 0 Å². The Hall–Kier alpha value is -0.350. The van der Waals surface area contributed by atoms with Crippen LogP contribution in [0, 0.1) is 5.92 Å². The molecule has 0 bridgehead atoms. The molecule has 4 heteroatoms. The van der Waals surface area contributed by atoms with E-state index < -0.39 is 0 Å². The fraction of sp³-hybridized carbons (Fsp3) is 0.500. The molecule has 1 aromatic carbocycles. The van der Waals surface area contributed by atoms with Crippen LogP contribution in [0.4, 0.5) is 0 Å². The van der Waals surface area contributed by atoms with Crippen molar-refractivity contribution < 1.29 is 4.79 Å². The molecule has 98 valence electrons. The Bertz CT molecular complexity index is 439. The van der Waals surface area contributed by atoms with Crippen LogP contribution in [0.2, 0.25) is 0 Å². The maximum Gasteiger partial charge on any atom is 0.252 e. The van der Waals surface area contributed by atoms with Gasteiger partial charge in [-0.1, -0.05) is 22.9 Å². The Balaban J connectivity index is 1.99. The summed E-state index contributed by atoms with van der Waals surface area (Å²) < 4.78 is 1.80. The Morgan fingerprint density at radius 1 is 1.22 bits per heavy atom. The Labute approximate surface area is 125 Å². The summed E-state index contributed by atoms with van der Waals surface area (Å²) in [7, 11) is 0. The van der Waals surface area contributed by atoms with Crippen LogP contribution < -0.4 is 5.32 Å². The van der Waals surface area contributed by atoms with E-state index >= 15 is 0 Å². The first-order chi connectivity index (χ1) is 8.56. The zero-order valence-corrected chi connectivity index (χ0v) is 13.6.